The Bertz CT molecular complexity index is 1000. The molecule has 0 N–H and O–H groups in total. The first kappa shape index (κ1) is 19.9. The lowest BCUT2D eigenvalue weighted by molar-refractivity contribution is -0.131. The molecule has 2 aromatic carbocycles. The topological polar surface area (TPSA) is 77.7 Å². The fraction of sp³-hybridized carbons (Fsp3) is 0.348. The zero-order chi connectivity index (χ0) is 20.9. The van der Waals surface area contributed by atoms with Crippen LogP contribution in [0.1, 0.15) is 30.2 Å². The Balaban J connectivity index is 1.42. The largest absolute Gasteiger partial charge is 0.497 e. The third kappa shape index (κ3) is 4.45. The highest BCUT2D eigenvalue weighted by Crippen LogP contribution is 2.28. The highest BCUT2D eigenvalue weighted by atomic mass is 16.5. The summed E-state index contributed by atoms with van der Waals surface area (Å²) >= 11 is 0. The molecule has 0 bridgehead atoms. The summed E-state index contributed by atoms with van der Waals surface area (Å²) in [5.74, 6) is 2.82. The van der Waals surface area contributed by atoms with E-state index in [-0.39, 0.29) is 11.8 Å². The van der Waals surface area contributed by atoms with Crippen molar-refractivity contribution in [3.63, 3.8) is 0 Å². The van der Waals surface area contributed by atoms with E-state index in [9.17, 15) is 4.79 Å². The molecule has 1 aliphatic rings. The van der Waals surface area contributed by atoms with E-state index in [1.807, 2.05) is 53.4 Å². The number of ether oxygens (including phenoxy) is 2. The van der Waals surface area contributed by atoms with Crippen molar-refractivity contribution in [3.05, 3.63) is 60.0 Å². The molecule has 1 fully saturated rings. The molecule has 156 valence electrons. The normalized spacial score (nSPS) is 16.3. The van der Waals surface area contributed by atoms with Crippen LogP contribution in [0.4, 0.5) is 0 Å². The van der Waals surface area contributed by atoms with E-state index in [2.05, 4.69) is 10.1 Å². The van der Waals surface area contributed by atoms with E-state index >= 15 is 0 Å². The quantitative estimate of drug-likeness (QED) is 0.620. The van der Waals surface area contributed by atoms with Gasteiger partial charge in [-0.05, 0) is 54.8 Å². The van der Waals surface area contributed by atoms with Gasteiger partial charge in [0.25, 0.3) is 0 Å². The first-order chi connectivity index (χ1) is 14.7. The van der Waals surface area contributed by atoms with E-state index in [1.165, 1.54) is 0 Å². The summed E-state index contributed by atoms with van der Waals surface area (Å²) in [5.41, 5.74) is 1.81. The summed E-state index contributed by atoms with van der Waals surface area (Å²) in [5, 5.41) is 4.13. The molecule has 1 amide bonds. The molecule has 1 aliphatic heterocycles. The highest BCUT2D eigenvalue weighted by molar-refractivity contribution is 5.79. The number of benzene rings is 2. The van der Waals surface area contributed by atoms with Crippen molar-refractivity contribution in [1.29, 1.82) is 0 Å². The Morgan fingerprint density at radius 1 is 1.13 bits per heavy atom. The molecule has 0 unspecified atom stereocenters. The first-order valence-corrected chi connectivity index (χ1v) is 10.0. The summed E-state index contributed by atoms with van der Waals surface area (Å²) in [6, 6.07) is 15.2. The molecule has 1 aromatic heterocycles. The predicted octanol–water partition coefficient (Wildman–Crippen LogP) is 3.70. The average Bonchev–Trinajstić information content (AvgIpc) is 3.30. The SMILES string of the molecule is COc1ccc(-c2noc([C@H]3CCCN(C(=O)Cc4cccc(OC)c4)C3)n2)cc1. The Hall–Kier alpha value is -3.35. The van der Waals surface area contributed by atoms with Crippen LogP contribution in [0.15, 0.2) is 53.1 Å². The van der Waals surface area contributed by atoms with Crippen LogP contribution in [-0.4, -0.2) is 48.3 Å². The van der Waals surface area contributed by atoms with Crippen molar-refractivity contribution in [2.75, 3.05) is 27.3 Å². The van der Waals surface area contributed by atoms with Gasteiger partial charge < -0.3 is 18.9 Å². The number of carbonyl (C=O) groups excluding carboxylic acids is 1. The minimum Gasteiger partial charge on any atom is -0.497 e. The maximum absolute atomic E-state index is 12.8. The summed E-state index contributed by atoms with van der Waals surface area (Å²) in [6.45, 7) is 1.34. The minimum absolute atomic E-state index is 0.0486. The third-order valence-electron chi connectivity index (χ3n) is 5.40. The fourth-order valence-electron chi connectivity index (χ4n) is 3.73. The zero-order valence-electron chi connectivity index (χ0n) is 17.2. The molecule has 1 atom stereocenters. The molecule has 1 saturated heterocycles. The lowest BCUT2D eigenvalue weighted by Gasteiger charge is -2.31. The van der Waals surface area contributed by atoms with E-state index in [4.69, 9.17) is 14.0 Å². The molecule has 0 radical (unpaired) electrons. The van der Waals surface area contributed by atoms with Crippen LogP contribution in [0.3, 0.4) is 0 Å². The van der Waals surface area contributed by atoms with Crippen molar-refractivity contribution < 1.29 is 18.8 Å². The number of methoxy groups -OCH3 is 2. The third-order valence-corrected chi connectivity index (χ3v) is 5.40. The van der Waals surface area contributed by atoms with E-state index in [0.717, 1.165) is 42.0 Å². The summed E-state index contributed by atoms with van der Waals surface area (Å²) in [7, 11) is 3.26. The minimum atomic E-state index is 0.0486. The number of hydrogen-bond donors (Lipinski definition) is 0. The van der Waals surface area contributed by atoms with Crippen LogP contribution in [0.25, 0.3) is 11.4 Å². The van der Waals surface area contributed by atoms with Crippen molar-refractivity contribution >= 4 is 5.91 Å². The Morgan fingerprint density at radius 3 is 2.70 bits per heavy atom. The van der Waals surface area contributed by atoms with Gasteiger partial charge in [-0.3, -0.25) is 4.79 Å². The Morgan fingerprint density at radius 2 is 1.93 bits per heavy atom. The smallest absolute Gasteiger partial charge is 0.231 e. The van der Waals surface area contributed by atoms with Gasteiger partial charge in [0.05, 0.1) is 26.6 Å². The van der Waals surface area contributed by atoms with Gasteiger partial charge in [0.1, 0.15) is 11.5 Å². The number of nitrogens with zero attached hydrogens (tertiary/aromatic N) is 3. The second kappa shape index (κ2) is 8.98. The number of carbonyl (C=O) groups is 1. The number of rotatable bonds is 6. The monoisotopic (exact) mass is 407 g/mol. The van der Waals surface area contributed by atoms with Gasteiger partial charge >= 0.3 is 0 Å². The number of aromatic nitrogens is 2. The van der Waals surface area contributed by atoms with Gasteiger partial charge in [-0.1, -0.05) is 17.3 Å². The molecule has 3 aromatic rings. The molecular formula is C23H25N3O4. The van der Waals surface area contributed by atoms with Crippen LogP contribution >= 0.6 is 0 Å². The Labute approximate surface area is 175 Å². The van der Waals surface area contributed by atoms with Crippen LogP contribution in [-0.2, 0) is 11.2 Å². The Kier molecular flexibility index (Phi) is 5.97. The second-order valence-corrected chi connectivity index (χ2v) is 7.39. The lowest BCUT2D eigenvalue weighted by Crippen LogP contribution is -2.40. The van der Waals surface area contributed by atoms with Gasteiger partial charge in [0.15, 0.2) is 0 Å². The highest BCUT2D eigenvalue weighted by Gasteiger charge is 2.28. The predicted molar refractivity (Wildman–Crippen MR) is 112 cm³/mol. The van der Waals surface area contributed by atoms with Gasteiger partial charge in [0, 0.05) is 18.7 Å². The number of hydrogen-bond acceptors (Lipinski definition) is 6. The average molecular weight is 407 g/mol. The standard InChI is InChI=1S/C23H25N3O4/c1-28-19-10-8-17(9-11-19)22-24-23(30-25-22)18-6-4-12-26(15-18)21(27)14-16-5-3-7-20(13-16)29-2/h3,5,7-11,13,18H,4,6,12,14-15H2,1-2H3/t18-/m0/s1. The first-order valence-electron chi connectivity index (χ1n) is 10.0. The molecule has 7 heteroatoms. The van der Waals surface area contributed by atoms with Crippen LogP contribution < -0.4 is 9.47 Å². The molecular weight excluding hydrogens is 382 g/mol. The van der Waals surface area contributed by atoms with Crippen LogP contribution in [0.2, 0.25) is 0 Å². The lowest BCUT2D eigenvalue weighted by atomic mass is 9.97. The van der Waals surface area contributed by atoms with E-state index in [0.29, 0.717) is 24.7 Å². The van der Waals surface area contributed by atoms with Crippen LogP contribution in [0, 0.1) is 0 Å². The summed E-state index contributed by atoms with van der Waals surface area (Å²) in [4.78, 5) is 19.3. The van der Waals surface area contributed by atoms with Crippen molar-refractivity contribution in [1.82, 2.24) is 15.0 Å². The zero-order valence-corrected chi connectivity index (χ0v) is 17.2. The molecule has 4 rings (SSSR count). The molecule has 0 aliphatic carbocycles. The molecule has 0 saturated carbocycles. The van der Waals surface area contributed by atoms with Crippen LogP contribution in [0.5, 0.6) is 11.5 Å². The maximum Gasteiger partial charge on any atom is 0.231 e. The molecule has 7 nitrogen and oxygen atoms in total. The molecule has 30 heavy (non-hydrogen) atoms. The van der Waals surface area contributed by atoms with Gasteiger partial charge in [-0.2, -0.15) is 4.98 Å². The van der Waals surface area contributed by atoms with E-state index in [1.54, 1.807) is 14.2 Å². The van der Waals surface area contributed by atoms with E-state index < -0.39 is 0 Å². The summed E-state index contributed by atoms with van der Waals surface area (Å²) < 4.78 is 16.0. The fourth-order valence-corrected chi connectivity index (χ4v) is 3.73. The second-order valence-electron chi connectivity index (χ2n) is 7.39. The summed E-state index contributed by atoms with van der Waals surface area (Å²) in [6.07, 6.45) is 2.19. The molecule has 0 spiro atoms. The van der Waals surface area contributed by atoms with Crippen molar-refractivity contribution in [2.45, 2.75) is 25.2 Å². The number of piperidine rings is 1. The number of likely N-dealkylation sites (tertiary alicyclic amines) is 1. The molecule has 2 heterocycles. The maximum atomic E-state index is 12.8. The van der Waals surface area contributed by atoms with Crippen molar-refractivity contribution in [2.24, 2.45) is 0 Å². The van der Waals surface area contributed by atoms with Gasteiger partial charge in [-0.25, -0.2) is 0 Å². The number of amides is 1. The van der Waals surface area contributed by atoms with Gasteiger partial charge in [-0.15, -0.1) is 0 Å². The van der Waals surface area contributed by atoms with Gasteiger partial charge in [0.2, 0.25) is 17.6 Å². The van der Waals surface area contributed by atoms with Crippen molar-refractivity contribution in [3.8, 4) is 22.9 Å².